The molecule has 1 saturated heterocycles. The van der Waals surface area contributed by atoms with E-state index in [0.717, 1.165) is 0 Å². The Balaban J connectivity index is 2.36. The maximum absolute atomic E-state index is 10.7. The molecule has 0 aromatic rings. The summed E-state index contributed by atoms with van der Waals surface area (Å²) >= 11 is 5.21. The molecule has 1 atom stereocenters. The zero-order valence-electron chi connectivity index (χ0n) is 5.80. The van der Waals surface area contributed by atoms with Crippen LogP contribution < -0.4 is 5.32 Å². The number of amides is 1. The molecule has 0 unspecified atom stereocenters. The van der Waals surface area contributed by atoms with Crippen LogP contribution in [0, 0.1) is 0 Å². The highest BCUT2D eigenvalue weighted by atomic mass is 35.5. The Labute approximate surface area is 68.8 Å². The summed E-state index contributed by atoms with van der Waals surface area (Å²) in [6.07, 6.45) is 0.543. The molecule has 0 bridgehead atoms. The minimum absolute atomic E-state index is 0.121. The van der Waals surface area contributed by atoms with E-state index in [2.05, 4.69) is 10.1 Å². The third-order valence-corrected chi connectivity index (χ3v) is 1.63. The molecule has 0 aliphatic carbocycles. The van der Waals surface area contributed by atoms with Crippen molar-refractivity contribution in [3.8, 4) is 0 Å². The van der Waals surface area contributed by atoms with E-state index in [4.69, 9.17) is 11.6 Å². The summed E-state index contributed by atoms with van der Waals surface area (Å²) in [7, 11) is 0. The zero-order chi connectivity index (χ0) is 8.27. The molecule has 0 aromatic heterocycles. The van der Waals surface area contributed by atoms with Gasteiger partial charge < -0.3 is 10.1 Å². The van der Waals surface area contributed by atoms with Crippen molar-refractivity contribution in [3.05, 3.63) is 0 Å². The summed E-state index contributed by atoms with van der Waals surface area (Å²) < 4.78 is 4.61. The lowest BCUT2D eigenvalue weighted by Crippen LogP contribution is -2.38. The minimum atomic E-state index is -0.485. The number of rotatable bonds is 2. The van der Waals surface area contributed by atoms with Crippen molar-refractivity contribution in [1.29, 1.82) is 0 Å². The van der Waals surface area contributed by atoms with Gasteiger partial charge in [0.15, 0.2) is 0 Å². The minimum Gasteiger partial charge on any atom is -0.464 e. The normalized spacial score (nSPS) is 23.0. The maximum atomic E-state index is 10.7. The van der Waals surface area contributed by atoms with Crippen molar-refractivity contribution in [2.75, 3.05) is 12.5 Å². The van der Waals surface area contributed by atoms with Crippen molar-refractivity contribution in [2.24, 2.45) is 0 Å². The second-order valence-corrected chi connectivity index (χ2v) is 2.48. The van der Waals surface area contributed by atoms with Crippen LogP contribution in [0.15, 0.2) is 0 Å². The Morgan fingerprint density at radius 2 is 2.55 bits per heavy atom. The molecule has 1 fully saturated rings. The molecule has 1 aliphatic heterocycles. The van der Waals surface area contributed by atoms with Gasteiger partial charge in [-0.15, -0.1) is 11.6 Å². The second kappa shape index (κ2) is 3.57. The van der Waals surface area contributed by atoms with Crippen molar-refractivity contribution >= 4 is 23.5 Å². The number of hydrogen-bond acceptors (Lipinski definition) is 3. The number of nitrogens with one attached hydrogen (secondary N) is 1. The van der Waals surface area contributed by atoms with Crippen LogP contribution in [0.25, 0.3) is 0 Å². The van der Waals surface area contributed by atoms with Crippen molar-refractivity contribution < 1.29 is 14.3 Å². The van der Waals surface area contributed by atoms with Crippen molar-refractivity contribution in [2.45, 2.75) is 12.5 Å². The molecule has 62 valence electrons. The number of carbonyl (C=O) groups excluding carboxylic acids is 2. The van der Waals surface area contributed by atoms with Crippen LogP contribution in [-0.2, 0) is 14.3 Å². The Bertz CT molecular complexity index is 183. The third kappa shape index (κ3) is 2.08. The fourth-order valence-electron chi connectivity index (χ4n) is 0.860. The topological polar surface area (TPSA) is 55.4 Å². The Morgan fingerprint density at radius 1 is 1.82 bits per heavy atom. The molecule has 1 amide bonds. The molecular weight excluding hydrogens is 170 g/mol. The lowest BCUT2D eigenvalue weighted by Gasteiger charge is -2.05. The van der Waals surface area contributed by atoms with Crippen LogP contribution in [0.1, 0.15) is 6.42 Å². The average Bonchev–Trinajstić information content (AvgIpc) is 2.37. The number of cyclic esters (lactones) is 1. The lowest BCUT2D eigenvalue weighted by molar-refractivity contribution is -0.141. The quantitative estimate of drug-likeness (QED) is 0.464. The van der Waals surface area contributed by atoms with Crippen molar-refractivity contribution in [3.63, 3.8) is 0 Å². The first-order chi connectivity index (χ1) is 5.24. The van der Waals surface area contributed by atoms with E-state index < -0.39 is 6.04 Å². The summed E-state index contributed by atoms with van der Waals surface area (Å²) in [5.41, 5.74) is 0. The van der Waals surface area contributed by atoms with Crippen molar-refractivity contribution in [1.82, 2.24) is 5.32 Å². The summed E-state index contributed by atoms with van der Waals surface area (Å²) in [4.78, 5) is 21.4. The first-order valence-electron chi connectivity index (χ1n) is 3.26. The molecular formula is C6H8ClNO3. The van der Waals surface area contributed by atoms with Gasteiger partial charge in [0.1, 0.15) is 11.9 Å². The number of halogens is 1. The zero-order valence-corrected chi connectivity index (χ0v) is 6.56. The monoisotopic (exact) mass is 177 g/mol. The molecule has 0 saturated carbocycles. The number of carbonyl (C=O) groups is 2. The van der Waals surface area contributed by atoms with Gasteiger partial charge in [-0.1, -0.05) is 0 Å². The van der Waals surface area contributed by atoms with E-state index in [-0.39, 0.29) is 17.8 Å². The summed E-state index contributed by atoms with van der Waals surface area (Å²) in [5, 5.41) is 2.43. The van der Waals surface area contributed by atoms with Crippen LogP contribution in [0.3, 0.4) is 0 Å². The van der Waals surface area contributed by atoms with Gasteiger partial charge in [-0.05, 0) is 0 Å². The number of alkyl halides is 1. The molecule has 1 rings (SSSR count). The first kappa shape index (κ1) is 8.33. The van der Waals surface area contributed by atoms with Crippen LogP contribution in [0.4, 0.5) is 0 Å². The lowest BCUT2D eigenvalue weighted by atomic mass is 10.2. The average molecular weight is 178 g/mol. The van der Waals surface area contributed by atoms with Gasteiger partial charge in [-0.3, -0.25) is 4.79 Å². The molecule has 5 heteroatoms. The molecule has 4 nitrogen and oxygen atoms in total. The van der Waals surface area contributed by atoms with Gasteiger partial charge in [-0.2, -0.15) is 0 Å². The molecule has 11 heavy (non-hydrogen) atoms. The van der Waals surface area contributed by atoms with Gasteiger partial charge in [0, 0.05) is 6.42 Å². The van der Waals surface area contributed by atoms with Gasteiger partial charge in [-0.25, -0.2) is 4.79 Å². The fraction of sp³-hybridized carbons (Fsp3) is 0.667. The highest BCUT2D eigenvalue weighted by Gasteiger charge is 2.27. The molecule has 0 aromatic carbocycles. The van der Waals surface area contributed by atoms with Crippen LogP contribution in [-0.4, -0.2) is 30.4 Å². The maximum Gasteiger partial charge on any atom is 0.328 e. The molecule has 1 heterocycles. The predicted molar refractivity (Wildman–Crippen MR) is 38.2 cm³/mol. The van der Waals surface area contributed by atoms with Gasteiger partial charge in [0.25, 0.3) is 0 Å². The largest absolute Gasteiger partial charge is 0.464 e. The number of hydrogen-bond donors (Lipinski definition) is 1. The van der Waals surface area contributed by atoms with Crippen LogP contribution >= 0.6 is 11.6 Å². The standard InChI is InChI=1S/C6H8ClNO3/c7-3-5(9)8-4-1-2-11-6(4)10/h4H,1-3H2,(H,8,9)/t4-/m1/s1. The number of esters is 1. The third-order valence-electron chi connectivity index (χ3n) is 1.39. The Morgan fingerprint density at radius 3 is 3.00 bits per heavy atom. The fourth-order valence-corrected chi connectivity index (χ4v) is 0.937. The Kier molecular flexibility index (Phi) is 2.70. The first-order valence-corrected chi connectivity index (χ1v) is 3.79. The van der Waals surface area contributed by atoms with Gasteiger partial charge in [0.2, 0.25) is 5.91 Å². The highest BCUT2D eigenvalue weighted by Crippen LogP contribution is 2.05. The van der Waals surface area contributed by atoms with Crippen LogP contribution in [0.5, 0.6) is 0 Å². The molecule has 1 N–H and O–H groups in total. The van der Waals surface area contributed by atoms with E-state index in [9.17, 15) is 9.59 Å². The van der Waals surface area contributed by atoms with Crippen LogP contribution in [0.2, 0.25) is 0 Å². The molecule has 1 aliphatic rings. The van der Waals surface area contributed by atoms with E-state index >= 15 is 0 Å². The van der Waals surface area contributed by atoms with Gasteiger partial charge in [0.05, 0.1) is 6.61 Å². The van der Waals surface area contributed by atoms with E-state index in [0.29, 0.717) is 13.0 Å². The Hall–Kier alpha value is -0.770. The SMILES string of the molecule is O=C(CCl)N[C@@H]1CCOC1=O. The summed E-state index contributed by atoms with van der Waals surface area (Å²) in [6, 6.07) is -0.485. The molecule has 0 radical (unpaired) electrons. The van der Waals surface area contributed by atoms with E-state index in [1.807, 2.05) is 0 Å². The number of ether oxygens (including phenoxy) is 1. The van der Waals surface area contributed by atoms with Gasteiger partial charge >= 0.3 is 5.97 Å². The highest BCUT2D eigenvalue weighted by molar-refractivity contribution is 6.27. The second-order valence-electron chi connectivity index (χ2n) is 2.21. The smallest absolute Gasteiger partial charge is 0.328 e. The predicted octanol–water partition coefficient (Wildman–Crippen LogP) is -0.343. The van der Waals surface area contributed by atoms with E-state index in [1.54, 1.807) is 0 Å². The summed E-state index contributed by atoms with van der Waals surface area (Å²) in [5.74, 6) is -0.831. The van der Waals surface area contributed by atoms with E-state index in [1.165, 1.54) is 0 Å². The summed E-state index contributed by atoms with van der Waals surface area (Å²) in [6.45, 7) is 0.381. The molecule has 0 spiro atoms.